The van der Waals surface area contributed by atoms with Crippen molar-refractivity contribution in [2.24, 2.45) is 0 Å². The molecule has 0 radical (unpaired) electrons. The number of aromatic amines is 1. The molecule has 0 fully saturated rings. The van der Waals surface area contributed by atoms with E-state index in [2.05, 4.69) is 44.9 Å². The van der Waals surface area contributed by atoms with Gasteiger partial charge in [-0.3, -0.25) is 14.7 Å². The van der Waals surface area contributed by atoms with Crippen LogP contribution in [0.15, 0.2) is 24.3 Å². The Labute approximate surface area is 165 Å². The van der Waals surface area contributed by atoms with E-state index in [0.717, 1.165) is 43.9 Å². The summed E-state index contributed by atoms with van der Waals surface area (Å²) in [5.41, 5.74) is 3.40. The highest BCUT2D eigenvalue weighted by molar-refractivity contribution is 6.05. The monoisotopic (exact) mass is 384 g/mol. The van der Waals surface area contributed by atoms with Crippen LogP contribution in [-0.2, 0) is 13.0 Å². The minimum Gasteiger partial charge on any atom is -0.351 e. The van der Waals surface area contributed by atoms with Crippen molar-refractivity contribution >= 4 is 17.5 Å². The number of anilines is 1. The first kappa shape index (κ1) is 20.0. The van der Waals surface area contributed by atoms with Crippen LogP contribution in [0, 0.1) is 0 Å². The maximum absolute atomic E-state index is 12.6. The van der Waals surface area contributed by atoms with Gasteiger partial charge in [-0.1, -0.05) is 19.9 Å². The molecule has 2 heterocycles. The number of carbonyl (C=O) groups excluding carboxylic acids is 2. The fourth-order valence-electron chi connectivity index (χ4n) is 3.31. The number of nitrogens with zero attached hydrogens (tertiary/aromatic N) is 2. The summed E-state index contributed by atoms with van der Waals surface area (Å²) in [6, 6.07) is 6.95. The molecule has 1 aliphatic rings. The molecular weight excluding hydrogens is 356 g/mol. The van der Waals surface area contributed by atoms with Crippen LogP contribution in [0.1, 0.15) is 46.0 Å². The van der Waals surface area contributed by atoms with E-state index in [-0.39, 0.29) is 11.8 Å². The van der Waals surface area contributed by atoms with Crippen LogP contribution in [0.2, 0.25) is 0 Å². The van der Waals surface area contributed by atoms with E-state index >= 15 is 0 Å². The van der Waals surface area contributed by atoms with E-state index in [1.54, 1.807) is 24.3 Å². The molecule has 0 aliphatic carbocycles. The van der Waals surface area contributed by atoms with E-state index in [0.29, 0.717) is 30.0 Å². The first-order valence-corrected chi connectivity index (χ1v) is 9.81. The zero-order valence-electron chi connectivity index (χ0n) is 16.5. The zero-order chi connectivity index (χ0) is 19.9. The topological polar surface area (TPSA) is 102 Å². The lowest BCUT2D eigenvalue weighted by molar-refractivity contribution is 0.0947. The molecule has 1 aromatic heterocycles. The van der Waals surface area contributed by atoms with Gasteiger partial charge in [0.1, 0.15) is 0 Å². The van der Waals surface area contributed by atoms with Gasteiger partial charge in [0, 0.05) is 55.1 Å². The largest absolute Gasteiger partial charge is 0.351 e. The summed E-state index contributed by atoms with van der Waals surface area (Å²) in [6.45, 7) is 9.02. The number of rotatable bonds is 8. The fourth-order valence-corrected chi connectivity index (χ4v) is 3.31. The Morgan fingerprint density at radius 2 is 2.04 bits per heavy atom. The van der Waals surface area contributed by atoms with Gasteiger partial charge >= 0.3 is 0 Å². The van der Waals surface area contributed by atoms with Crippen LogP contribution in [0.4, 0.5) is 5.69 Å². The summed E-state index contributed by atoms with van der Waals surface area (Å²) in [5, 5.41) is 16.1. The SMILES string of the molecule is CCN(CC)CCNC(=O)c1cccc(NC(=O)c2n[nH]c3c2CNCC3)c1. The second-order valence-corrected chi connectivity index (χ2v) is 6.77. The summed E-state index contributed by atoms with van der Waals surface area (Å²) >= 11 is 0. The predicted octanol–water partition coefficient (Wildman–Crippen LogP) is 1.38. The van der Waals surface area contributed by atoms with Crippen LogP contribution in [-0.4, -0.2) is 59.6 Å². The van der Waals surface area contributed by atoms with Gasteiger partial charge in [-0.25, -0.2) is 0 Å². The molecular formula is C20H28N6O2. The summed E-state index contributed by atoms with van der Waals surface area (Å²) in [7, 11) is 0. The summed E-state index contributed by atoms with van der Waals surface area (Å²) in [6.07, 6.45) is 0.832. The summed E-state index contributed by atoms with van der Waals surface area (Å²) in [4.78, 5) is 27.3. The third-order valence-electron chi connectivity index (χ3n) is 5.01. The molecule has 150 valence electrons. The van der Waals surface area contributed by atoms with Crippen molar-refractivity contribution < 1.29 is 9.59 Å². The van der Waals surface area contributed by atoms with Gasteiger partial charge in [-0.2, -0.15) is 5.10 Å². The number of nitrogens with one attached hydrogen (secondary N) is 4. The second kappa shape index (κ2) is 9.48. The molecule has 0 saturated carbocycles. The molecule has 2 amide bonds. The number of hydrogen-bond acceptors (Lipinski definition) is 5. The Balaban J connectivity index is 1.61. The van der Waals surface area contributed by atoms with Crippen LogP contribution in [0.5, 0.6) is 0 Å². The number of aromatic nitrogens is 2. The normalized spacial score (nSPS) is 13.2. The van der Waals surface area contributed by atoms with Gasteiger partial charge in [0.15, 0.2) is 5.69 Å². The van der Waals surface area contributed by atoms with Gasteiger partial charge in [-0.05, 0) is 31.3 Å². The number of hydrogen-bond donors (Lipinski definition) is 4. The van der Waals surface area contributed by atoms with Crippen molar-refractivity contribution in [2.45, 2.75) is 26.8 Å². The maximum Gasteiger partial charge on any atom is 0.276 e. The lowest BCUT2D eigenvalue weighted by Crippen LogP contribution is -2.34. The van der Waals surface area contributed by atoms with E-state index in [9.17, 15) is 9.59 Å². The lowest BCUT2D eigenvalue weighted by Gasteiger charge is -2.18. The number of benzene rings is 1. The maximum atomic E-state index is 12.6. The smallest absolute Gasteiger partial charge is 0.276 e. The number of likely N-dealkylation sites (N-methyl/N-ethyl adjacent to an activating group) is 1. The van der Waals surface area contributed by atoms with E-state index < -0.39 is 0 Å². The van der Waals surface area contributed by atoms with Crippen molar-refractivity contribution in [1.82, 2.24) is 25.7 Å². The van der Waals surface area contributed by atoms with Crippen LogP contribution >= 0.6 is 0 Å². The zero-order valence-corrected chi connectivity index (χ0v) is 16.5. The van der Waals surface area contributed by atoms with Gasteiger partial charge in [0.2, 0.25) is 0 Å². The minimum absolute atomic E-state index is 0.149. The molecule has 8 nitrogen and oxygen atoms in total. The third kappa shape index (κ3) is 4.76. The van der Waals surface area contributed by atoms with E-state index in [4.69, 9.17) is 0 Å². The Morgan fingerprint density at radius 1 is 1.21 bits per heavy atom. The van der Waals surface area contributed by atoms with Gasteiger partial charge < -0.3 is 20.9 Å². The van der Waals surface area contributed by atoms with Gasteiger partial charge in [0.25, 0.3) is 11.8 Å². The lowest BCUT2D eigenvalue weighted by atomic mass is 10.1. The number of amides is 2. The Bertz CT molecular complexity index is 828. The highest BCUT2D eigenvalue weighted by atomic mass is 16.2. The fraction of sp³-hybridized carbons (Fsp3) is 0.450. The van der Waals surface area contributed by atoms with Crippen molar-refractivity contribution in [3.63, 3.8) is 0 Å². The molecule has 8 heteroatoms. The Morgan fingerprint density at radius 3 is 2.82 bits per heavy atom. The molecule has 3 rings (SSSR count). The van der Waals surface area contributed by atoms with Crippen molar-refractivity contribution in [3.05, 3.63) is 46.8 Å². The van der Waals surface area contributed by atoms with Crippen molar-refractivity contribution in [2.75, 3.05) is 38.0 Å². The molecule has 0 saturated heterocycles. The average molecular weight is 384 g/mol. The standard InChI is InChI=1S/C20H28N6O2/c1-3-26(4-2)11-10-22-19(27)14-6-5-7-15(12-14)23-20(28)18-16-13-21-9-8-17(16)24-25-18/h5-7,12,21H,3-4,8-11,13H2,1-2H3,(H,22,27)(H,23,28)(H,24,25). The third-order valence-corrected chi connectivity index (χ3v) is 5.01. The van der Waals surface area contributed by atoms with Gasteiger partial charge in [0.05, 0.1) is 0 Å². The Hall–Kier alpha value is -2.71. The van der Waals surface area contributed by atoms with E-state index in [1.165, 1.54) is 0 Å². The first-order chi connectivity index (χ1) is 13.6. The summed E-state index contributed by atoms with van der Waals surface area (Å²) in [5.74, 6) is -0.426. The van der Waals surface area contributed by atoms with Crippen LogP contribution in [0.25, 0.3) is 0 Å². The molecule has 28 heavy (non-hydrogen) atoms. The predicted molar refractivity (Wildman–Crippen MR) is 109 cm³/mol. The highest BCUT2D eigenvalue weighted by Gasteiger charge is 2.21. The van der Waals surface area contributed by atoms with Crippen molar-refractivity contribution in [3.8, 4) is 0 Å². The van der Waals surface area contributed by atoms with Crippen LogP contribution in [0.3, 0.4) is 0 Å². The van der Waals surface area contributed by atoms with Gasteiger partial charge in [-0.15, -0.1) is 0 Å². The molecule has 1 aromatic carbocycles. The number of fused-ring (bicyclic) bond motifs is 1. The molecule has 0 unspecified atom stereocenters. The molecule has 0 spiro atoms. The van der Waals surface area contributed by atoms with Crippen molar-refractivity contribution in [1.29, 1.82) is 0 Å². The Kier molecular flexibility index (Phi) is 6.78. The number of H-pyrrole nitrogens is 1. The first-order valence-electron chi connectivity index (χ1n) is 9.81. The minimum atomic E-state index is -0.278. The molecule has 2 aromatic rings. The molecule has 4 N–H and O–H groups in total. The van der Waals surface area contributed by atoms with E-state index in [1.807, 2.05) is 0 Å². The molecule has 0 atom stereocenters. The summed E-state index contributed by atoms with van der Waals surface area (Å²) < 4.78 is 0. The molecule has 1 aliphatic heterocycles. The number of carbonyl (C=O) groups is 2. The average Bonchev–Trinajstić information content (AvgIpc) is 3.15. The highest BCUT2D eigenvalue weighted by Crippen LogP contribution is 2.18. The second-order valence-electron chi connectivity index (χ2n) is 6.77. The van der Waals surface area contributed by atoms with Crippen LogP contribution < -0.4 is 16.0 Å². The quantitative estimate of drug-likeness (QED) is 0.551. The molecule has 0 bridgehead atoms.